The van der Waals surface area contributed by atoms with Crippen molar-refractivity contribution in [1.29, 1.82) is 0 Å². The zero-order valence-electron chi connectivity index (χ0n) is 9.50. The van der Waals surface area contributed by atoms with Gasteiger partial charge in [0.1, 0.15) is 0 Å². The molecule has 2 N–H and O–H groups in total. The van der Waals surface area contributed by atoms with Gasteiger partial charge in [-0.15, -0.1) is 0 Å². The van der Waals surface area contributed by atoms with Crippen LogP contribution in [-0.2, 0) is 0 Å². The predicted molar refractivity (Wildman–Crippen MR) is 71.8 cm³/mol. The standard InChI is InChI=1S/C14H11N2O2/c17-16(18)8-7-11-9-13-12-4-2-1-3-10(12)5-6-14(13)15-11/h1-9,15,17H/q-1/b8-7+. The van der Waals surface area contributed by atoms with Crippen LogP contribution >= 0.6 is 0 Å². The van der Waals surface area contributed by atoms with E-state index < -0.39 is 0 Å². The molecule has 0 fully saturated rings. The molecule has 0 saturated heterocycles. The summed E-state index contributed by atoms with van der Waals surface area (Å²) >= 11 is 0. The zero-order valence-corrected chi connectivity index (χ0v) is 9.50. The van der Waals surface area contributed by atoms with Gasteiger partial charge in [0.25, 0.3) is 0 Å². The predicted octanol–water partition coefficient (Wildman–Crippen LogP) is 3.48. The molecule has 0 radical (unpaired) electrons. The van der Waals surface area contributed by atoms with E-state index in [0.717, 1.165) is 28.2 Å². The Morgan fingerprint density at radius 2 is 1.94 bits per heavy atom. The molecule has 0 aliphatic carbocycles. The van der Waals surface area contributed by atoms with E-state index in [9.17, 15) is 5.21 Å². The number of fused-ring (bicyclic) bond motifs is 3. The van der Waals surface area contributed by atoms with Crippen LogP contribution in [0.25, 0.3) is 27.8 Å². The van der Waals surface area contributed by atoms with E-state index >= 15 is 0 Å². The summed E-state index contributed by atoms with van der Waals surface area (Å²) in [5, 5.41) is 22.2. The van der Waals surface area contributed by atoms with E-state index in [1.807, 2.05) is 30.3 Å². The number of nitrogens with zero attached hydrogens (tertiary/aromatic N) is 1. The maximum absolute atomic E-state index is 10.4. The Kier molecular flexibility index (Phi) is 2.51. The lowest BCUT2D eigenvalue weighted by Crippen LogP contribution is -1.97. The summed E-state index contributed by atoms with van der Waals surface area (Å²) in [5.74, 6) is 0. The molecule has 2 aromatic carbocycles. The second-order valence-electron chi connectivity index (χ2n) is 4.09. The molecule has 4 nitrogen and oxygen atoms in total. The van der Waals surface area contributed by atoms with Crippen molar-refractivity contribution in [2.24, 2.45) is 0 Å². The Morgan fingerprint density at radius 1 is 1.11 bits per heavy atom. The zero-order chi connectivity index (χ0) is 12.5. The van der Waals surface area contributed by atoms with Crippen molar-refractivity contribution in [3.63, 3.8) is 0 Å². The van der Waals surface area contributed by atoms with Crippen LogP contribution in [0.3, 0.4) is 0 Å². The fourth-order valence-electron chi connectivity index (χ4n) is 2.14. The van der Waals surface area contributed by atoms with Crippen molar-refractivity contribution in [1.82, 2.24) is 10.2 Å². The summed E-state index contributed by atoms with van der Waals surface area (Å²) in [7, 11) is 0. The molecule has 4 heteroatoms. The molecule has 90 valence electrons. The lowest BCUT2D eigenvalue weighted by atomic mass is 10.1. The molecule has 0 atom stereocenters. The van der Waals surface area contributed by atoms with Gasteiger partial charge in [0, 0.05) is 22.8 Å². The summed E-state index contributed by atoms with van der Waals surface area (Å²) in [6.45, 7) is 0. The van der Waals surface area contributed by atoms with E-state index in [0.29, 0.717) is 0 Å². The van der Waals surface area contributed by atoms with Crippen LogP contribution in [0.15, 0.2) is 48.7 Å². The number of hydroxylamine groups is 2. The first kappa shape index (κ1) is 10.8. The molecule has 3 rings (SSSR count). The smallest absolute Gasteiger partial charge is 0.0465 e. The average molecular weight is 239 g/mol. The summed E-state index contributed by atoms with van der Waals surface area (Å²) in [6, 6.07) is 14.1. The summed E-state index contributed by atoms with van der Waals surface area (Å²) in [4.78, 5) is 3.18. The van der Waals surface area contributed by atoms with Gasteiger partial charge in [0.2, 0.25) is 0 Å². The molecule has 0 unspecified atom stereocenters. The van der Waals surface area contributed by atoms with Crippen LogP contribution in [0.2, 0.25) is 0 Å². The summed E-state index contributed by atoms with van der Waals surface area (Å²) < 4.78 is 0. The third kappa shape index (κ3) is 1.84. The molecule has 0 aliphatic rings. The quantitative estimate of drug-likeness (QED) is 0.673. The number of H-pyrrole nitrogens is 1. The van der Waals surface area contributed by atoms with Crippen molar-refractivity contribution in [3.8, 4) is 0 Å². The SMILES string of the molecule is [O-]N(O)/C=C/c1cc2c(ccc3ccccc32)[nH]1. The molecule has 0 saturated carbocycles. The molecule has 1 aromatic heterocycles. The monoisotopic (exact) mass is 239 g/mol. The number of rotatable bonds is 2. The van der Waals surface area contributed by atoms with Gasteiger partial charge in [-0.1, -0.05) is 30.3 Å². The van der Waals surface area contributed by atoms with E-state index in [4.69, 9.17) is 5.21 Å². The van der Waals surface area contributed by atoms with Crippen molar-refractivity contribution in [3.05, 3.63) is 59.6 Å². The van der Waals surface area contributed by atoms with Crippen LogP contribution in [0.1, 0.15) is 5.69 Å². The highest BCUT2D eigenvalue weighted by molar-refractivity contribution is 6.07. The molecular formula is C14H11N2O2-. The first-order valence-corrected chi connectivity index (χ1v) is 5.58. The van der Waals surface area contributed by atoms with Gasteiger partial charge in [-0.2, -0.15) is 0 Å². The van der Waals surface area contributed by atoms with Crippen LogP contribution in [0.4, 0.5) is 0 Å². The van der Waals surface area contributed by atoms with E-state index in [1.54, 1.807) is 0 Å². The fraction of sp³-hybridized carbons (Fsp3) is 0. The van der Waals surface area contributed by atoms with Crippen LogP contribution < -0.4 is 0 Å². The van der Waals surface area contributed by atoms with Crippen molar-refractivity contribution in [2.45, 2.75) is 0 Å². The van der Waals surface area contributed by atoms with Crippen LogP contribution in [0.5, 0.6) is 0 Å². The van der Waals surface area contributed by atoms with Gasteiger partial charge in [-0.05, 0) is 29.0 Å². The summed E-state index contributed by atoms with van der Waals surface area (Å²) in [5.41, 5.74) is 1.78. The molecule has 0 spiro atoms. The number of aromatic nitrogens is 1. The molecule has 18 heavy (non-hydrogen) atoms. The van der Waals surface area contributed by atoms with E-state index in [1.165, 1.54) is 11.5 Å². The second kappa shape index (κ2) is 4.18. The first-order chi connectivity index (χ1) is 8.74. The van der Waals surface area contributed by atoms with Crippen molar-refractivity contribution in [2.75, 3.05) is 0 Å². The molecule has 0 bridgehead atoms. The Hall–Kier alpha value is -2.30. The largest absolute Gasteiger partial charge is 0.734 e. The maximum atomic E-state index is 10.4. The number of aromatic amines is 1. The van der Waals surface area contributed by atoms with E-state index in [2.05, 4.69) is 17.1 Å². The van der Waals surface area contributed by atoms with Gasteiger partial charge >= 0.3 is 0 Å². The highest BCUT2D eigenvalue weighted by atomic mass is 16.8. The van der Waals surface area contributed by atoms with Crippen LogP contribution in [-0.4, -0.2) is 15.4 Å². The van der Waals surface area contributed by atoms with Gasteiger partial charge in [-0.3, -0.25) is 5.21 Å². The van der Waals surface area contributed by atoms with Crippen molar-refractivity contribution < 1.29 is 5.21 Å². The Labute approximate surface area is 103 Å². The lowest BCUT2D eigenvalue weighted by Gasteiger charge is -2.14. The van der Waals surface area contributed by atoms with Crippen LogP contribution in [0, 0.1) is 5.21 Å². The van der Waals surface area contributed by atoms with E-state index in [-0.39, 0.29) is 5.23 Å². The fourth-order valence-corrected chi connectivity index (χ4v) is 2.14. The molecule has 0 amide bonds. The number of hydrogen-bond acceptors (Lipinski definition) is 3. The molecule has 3 aromatic rings. The molecule has 1 heterocycles. The minimum Gasteiger partial charge on any atom is -0.734 e. The van der Waals surface area contributed by atoms with Gasteiger partial charge in [0.05, 0.1) is 0 Å². The van der Waals surface area contributed by atoms with Gasteiger partial charge in [-0.25, -0.2) is 0 Å². The maximum Gasteiger partial charge on any atom is 0.0465 e. The first-order valence-electron chi connectivity index (χ1n) is 5.58. The third-order valence-corrected chi connectivity index (χ3v) is 2.93. The van der Waals surface area contributed by atoms with Crippen molar-refractivity contribution >= 4 is 27.8 Å². The Bertz CT molecular complexity index is 729. The third-order valence-electron chi connectivity index (χ3n) is 2.93. The minimum atomic E-state index is -0.219. The topological polar surface area (TPSA) is 62.3 Å². The number of hydrogen-bond donors (Lipinski definition) is 2. The highest BCUT2D eigenvalue weighted by Gasteiger charge is 2.02. The normalized spacial score (nSPS) is 11.7. The second-order valence-corrected chi connectivity index (χ2v) is 4.09. The molecular weight excluding hydrogens is 228 g/mol. The number of benzene rings is 2. The molecule has 0 aliphatic heterocycles. The minimum absolute atomic E-state index is 0.219. The Balaban J connectivity index is 2.19. The summed E-state index contributed by atoms with van der Waals surface area (Å²) in [6.07, 6.45) is 2.58. The average Bonchev–Trinajstić information content (AvgIpc) is 2.79. The highest BCUT2D eigenvalue weighted by Crippen LogP contribution is 2.26. The van der Waals surface area contributed by atoms with Gasteiger partial charge < -0.3 is 15.4 Å². The number of nitrogens with one attached hydrogen (secondary N) is 1. The van der Waals surface area contributed by atoms with Gasteiger partial charge in [0.15, 0.2) is 0 Å². The Morgan fingerprint density at radius 3 is 2.78 bits per heavy atom. The lowest BCUT2D eigenvalue weighted by molar-refractivity contribution is 0.0129.